The predicted molar refractivity (Wildman–Crippen MR) is 73.1 cm³/mol. The van der Waals surface area contributed by atoms with Gasteiger partial charge in [-0.25, -0.2) is 9.07 Å². The molecule has 1 aromatic carbocycles. The summed E-state index contributed by atoms with van der Waals surface area (Å²) in [7, 11) is 1.76. The van der Waals surface area contributed by atoms with Gasteiger partial charge in [0.25, 0.3) is 0 Å². The molecule has 0 aliphatic rings. The monoisotopic (exact) mass is 262 g/mol. The number of nitrogens with one attached hydrogen (secondary N) is 1. The summed E-state index contributed by atoms with van der Waals surface area (Å²) >= 11 is 0. The average molecular weight is 262 g/mol. The predicted octanol–water partition coefficient (Wildman–Crippen LogP) is 2.68. The van der Waals surface area contributed by atoms with Crippen LogP contribution in [0.4, 0.5) is 4.39 Å². The zero-order chi connectivity index (χ0) is 13.8. The molecule has 0 saturated carbocycles. The van der Waals surface area contributed by atoms with Crippen molar-refractivity contribution in [3.63, 3.8) is 0 Å². The van der Waals surface area contributed by atoms with E-state index in [0.29, 0.717) is 11.3 Å². The summed E-state index contributed by atoms with van der Waals surface area (Å²) in [6.45, 7) is 5.15. The molecule has 0 aliphatic heterocycles. The summed E-state index contributed by atoms with van der Waals surface area (Å²) < 4.78 is 15.5. The molecule has 2 rings (SSSR count). The molecule has 0 radical (unpaired) electrons. The maximum absolute atomic E-state index is 13.9. The smallest absolute Gasteiger partial charge is 0.132 e. The normalized spacial score (nSPS) is 12.6. The minimum absolute atomic E-state index is 0.195. The lowest BCUT2D eigenvalue weighted by Gasteiger charge is -2.15. The Bertz CT molecular complexity index is 550. The minimum atomic E-state index is -0.253. The average Bonchev–Trinajstić information content (AvgIpc) is 2.82. The Morgan fingerprint density at radius 1 is 1.42 bits per heavy atom. The second kappa shape index (κ2) is 5.93. The van der Waals surface area contributed by atoms with Crippen molar-refractivity contribution in [3.8, 4) is 11.3 Å². The first-order chi connectivity index (χ1) is 9.13. The van der Waals surface area contributed by atoms with Gasteiger partial charge in [0.2, 0.25) is 0 Å². The summed E-state index contributed by atoms with van der Waals surface area (Å²) in [5.41, 5.74) is 2.28. The third-order valence-electron chi connectivity index (χ3n) is 3.18. The van der Waals surface area contributed by atoms with Gasteiger partial charge in [0.05, 0.1) is 11.9 Å². The number of rotatable bonds is 5. The molecule has 1 N–H and O–H groups in total. The maximum Gasteiger partial charge on any atom is 0.132 e. The topological polar surface area (TPSA) is 42.7 Å². The van der Waals surface area contributed by atoms with E-state index in [1.165, 1.54) is 6.07 Å². The molecule has 0 aliphatic carbocycles. The maximum atomic E-state index is 13.9. The second-order valence-corrected chi connectivity index (χ2v) is 4.66. The number of aromatic nitrogens is 3. The van der Waals surface area contributed by atoms with Crippen LogP contribution in [0.3, 0.4) is 0 Å². The number of aryl methyl sites for hydroxylation is 1. The summed E-state index contributed by atoms with van der Waals surface area (Å²) in [5.74, 6) is -0.253. The van der Waals surface area contributed by atoms with Crippen LogP contribution in [0.25, 0.3) is 11.3 Å². The van der Waals surface area contributed by atoms with Crippen LogP contribution < -0.4 is 5.32 Å². The molecule has 0 bridgehead atoms. The van der Waals surface area contributed by atoms with Crippen LogP contribution in [0, 0.1) is 5.82 Å². The first-order valence-corrected chi connectivity index (χ1v) is 6.51. The third-order valence-corrected chi connectivity index (χ3v) is 3.18. The molecule has 102 valence electrons. The molecule has 0 amide bonds. The van der Waals surface area contributed by atoms with Gasteiger partial charge in [-0.3, -0.25) is 0 Å². The first-order valence-electron chi connectivity index (χ1n) is 6.51. The van der Waals surface area contributed by atoms with Crippen LogP contribution in [-0.4, -0.2) is 21.5 Å². The van der Waals surface area contributed by atoms with Gasteiger partial charge < -0.3 is 5.32 Å². The van der Waals surface area contributed by atoms with E-state index in [-0.39, 0.29) is 11.9 Å². The van der Waals surface area contributed by atoms with E-state index in [1.807, 2.05) is 12.1 Å². The fourth-order valence-corrected chi connectivity index (χ4v) is 2.02. The van der Waals surface area contributed by atoms with Crippen molar-refractivity contribution >= 4 is 0 Å². The highest BCUT2D eigenvalue weighted by Gasteiger charge is 2.13. The highest BCUT2D eigenvalue weighted by atomic mass is 19.1. The zero-order valence-electron chi connectivity index (χ0n) is 11.5. The molecule has 2 aromatic rings. The lowest BCUT2D eigenvalue weighted by molar-refractivity contribution is 0.568. The molecular weight excluding hydrogens is 243 g/mol. The van der Waals surface area contributed by atoms with Gasteiger partial charge in [0, 0.05) is 18.7 Å². The van der Waals surface area contributed by atoms with Gasteiger partial charge in [0.1, 0.15) is 5.82 Å². The molecule has 1 atom stereocenters. The number of benzene rings is 1. The fourth-order valence-electron chi connectivity index (χ4n) is 2.02. The Hall–Kier alpha value is -1.75. The molecule has 1 aromatic heterocycles. The van der Waals surface area contributed by atoms with Crippen LogP contribution >= 0.6 is 0 Å². The minimum Gasteiger partial charge on any atom is -0.310 e. The summed E-state index contributed by atoms with van der Waals surface area (Å²) in [6.07, 6.45) is 2.65. The van der Waals surface area contributed by atoms with Crippen LogP contribution in [-0.2, 0) is 7.05 Å². The van der Waals surface area contributed by atoms with Crippen molar-refractivity contribution in [3.05, 3.63) is 35.8 Å². The number of hydrogen-bond acceptors (Lipinski definition) is 3. The van der Waals surface area contributed by atoms with Gasteiger partial charge in [-0.1, -0.05) is 18.2 Å². The Kier molecular flexibility index (Phi) is 4.27. The summed E-state index contributed by atoms with van der Waals surface area (Å²) in [5, 5.41) is 11.0. The Balaban J connectivity index is 2.32. The van der Waals surface area contributed by atoms with E-state index in [4.69, 9.17) is 0 Å². The third kappa shape index (κ3) is 2.98. The van der Waals surface area contributed by atoms with E-state index in [9.17, 15) is 4.39 Å². The molecular formula is C14H19FN4. The SMILES string of the molecule is CCCNC(C)c1ccc(F)c(-c2cnnn2C)c1. The quantitative estimate of drug-likeness (QED) is 0.901. The molecule has 1 heterocycles. The van der Waals surface area contributed by atoms with E-state index < -0.39 is 0 Å². The highest BCUT2D eigenvalue weighted by molar-refractivity contribution is 5.60. The molecule has 0 saturated heterocycles. The van der Waals surface area contributed by atoms with Crippen molar-refractivity contribution in [2.75, 3.05) is 6.54 Å². The zero-order valence-corrected chi connectivity index (χ0v) is 11.5. The fraction of sp³-hybridized carbons (Fsp3) is 0.429. The van der Waals surface area contributed by atoms with Crippen molar-refractivity contribution < 1.29 is 4.39 Å². The van der Waals surface area contributed by atoms with Crippen LogP contribution in [0.5, 0.6) is 0 Å². The van der Waals surface area contributed by atoms with E-state index in [0.717, 1.165) is 18.5 Å². The molecule has 19 heavy (non-hydrogen) atoms. The van der Waals surface area contributed by atoms with Crippen molar-refractivity contribution in [2.24, 2.45) is 7.05 Å². The number of halogens is 1. The van der Waals surface area contributed by atoms with Crippen molar-refractivity contribution in [1.29, 1.82) is 0 Å². The standard InChI is InChI=1S/C14H19FN4/c1-4-7-16-10(2)11-5-6-13(15)12(8-11)14-9-17-18-19(14)3/h5-6,8-10,16H,4,7H2,1-3H3. The summed E-state index contributed by atoms with van der Waals surface area (Å²) in [4.78, 5) is 0. The second-order valence-electron chi connectivity index (χ2n) is 4.66. The van der Waals surface area contributed by atoms with Crippen molar-refractivity contribution in [1.82, 2.24) is 20.3 Å². The van der Waals surface area contributed by atoms with Gasteiger partial charge in [-0.2, -0.15) is 0 Å². The lowest BCUT2D eigenvalue weighted by atomic mass is 10.0. The Labute approximate surface area is 112 Å². The van der Waals surface area contributed by atoms with Gasteiger partial charge in [-0.15, -0.1) is 5.10 Å². The van der Waals surface area contributed by atoms with Gasteiger partial charge >= 0.3 is 0 Å². The van der Waals surface area contributed by atoms with E-state index in [2.05, 4.69) is 29.5 Å². The highest BCUT2D eigenvalue weighted by Crippen LogP contribution is 2.25. The Morgan fingerprint density at radius 3 is 2.84 bits per heavy atom. The van der Waals surface area contributed by atoms with Gasteiger partial charge in [-0.05, 0) is 37.6 Å². The lowest BCUT2D eigenvalue weighted by Crippen LogP contribution is -2.19. The van der Waals surface area contributed by atoms with E-state index >= 15 is 0 Å². The van der Waals surface area contributed by atoms with Crippen LogP contribution in [0.15, 0.2) is 24.4 Å². The number of nitrogens with zero attached hydrogens (tertiary/aromatic N) is 3. The van der Waals surface area contributed by atoms with Crippen molar-refractivity contribution in [2.45, 2.75) is 26.3 Å². The largest absolute Gasteiger partial charge is 0.310 e. The van der Waals surface area contributed by atoms with Crippen LogP contribution in [0.2, 0.25) is 0 Å². The molecule has 5 heteroatoms. The van der Waals surface area contributed by atoms with Gasteiger partial charge in [0.15, 0.2) is 0 Å². The van der Waals surface area contributed by atoms with E-state index in [1.54, 1.807) is 17.9 Å². The molecule has 0 fully saturated rings. The number of hydrogen-bond donors (Lipinski definition) is 1. The molecule has 0 spiro atoms. The summed E-state index contributed by atoms with van der Waals surface area (Å²) in [6, 6.07) is 5.37. The Morgan fingerprint density at radius 2 is 2.21 bits per heavy atom. The van der Waals surface area contributed by atoms with Crippen LogP contribution in [0.1, 0.15) is 31.9 Å². The first kappa shape index (κ1) is 13.7. The molecule has 4 nitrogen and oxygen atoms in total. The molecule has 1 unspecified atom stereocenters.